The Kier molecular flexibility index (Phi) is 5.27. The summed E-state index contributed by atoms with van der Waals surface area (Å²) in [5.41, 5.74) is 0.714. The smallest absolute Gasteiger partial charge is 0.315 e. The summed E-state index contributed by atoms with van der Waals surface area (Å²) in [6.07, 6.45) is 3.67. The zero-order valence-electron chi connectivity index (χ0n) is 12.0. The molecule has 0 fully saturated rings. The van der Waals surface area contributed by atoms with E-state index in [2.05, 4.69) is 36.4 Å². The van der Waals surface area contributed by atoms with E-state index in [1.54, 1.807) is 13.1 Å². The molecule has 0 aliphatic rings. The molecule has 5 heteroatoms. The van der Waals surface area contributed by atoms with Crippen molar-refractivity contribution in [1.29, 1.82) is 0 Å². The number of aromatic nitrogens is 1. The molecular formula is C14H22FN3O. The van der Waals surface area contributed by atoms with Crippen molar-refractivity contribution in [2.45, 2.75) is 40.2 Å². The summed E-state index contributed by atoms with van der Waals surface area (Å²) in [5, 5.41) is 5.59. The Morgan fingerprint density at radius 3 is 2.74 bits per heavy atom. The SMILES string of the molecule is CCC(C)(C)CNC(=O)NC(C)c1cncc(F)c1. The maximum absolute atomic E-state index is 13.0. The van der Waals surface area contributed by atoms with E-state index in [1.807, 2.05) is 0 Å². The van der Waals surface area contributed by atoms with Crippen LogP contribution >= 0.6 is 0 Å². The van der Waals surface area contributed by atoms with Gasteiger partial charge in [-0.2, -0.15) is 0 Å². The predicted molar refractivity (Wildman–Crippen MR) is 73.2 cm³/mol. The lowest BCUT2D eigenvalue weighted by molar-refractivity contribution is 0.230. The first-order valence-electron chi connectivity index (χ1n) is 6.49. The van der Waals surface area contributed by atoms with E-state index in [-0.39, 0.29) is 17.5 Å². The van der Waals surface area contributed by atoms with Gasteiger partial charge in [-0.15, -0.1) is 0 Å². The molecule has 19 heavy (non-hydrogen) atoms. The molecule has 2 amide bonds. The zero-order chi connectivity index (χ0) is 14.5. The number of hydrogen-bond acceptors (Lipinski definition) is 2. The van der Waals surface area contributed by atoms with Crippen molar-refractivity contribution < 1.29 is 9.18 Å². The monoisotopic (exact) mass is 267 g/mol. The van der Waals surface area contributed by atoms with Crippen molar-refractivity contribution in [3.05, 3.63) is 29.8 Å². The number of urea groups is 1. The van der Waals surface area contributed by atoms with Crippen LogP contribution in [-0.4, -0.2) is 17.6 Å². The number of hydrogen-bond donors (Lipinski definition) is 2. The first-order valence-corrected chi connectivity index (χ1v) is 6.49. The molecule has 1 aromatic rings. The highest BCUT2D eigenvalue weighted by molar-refractivity contribution is 5.74. The van der Waals surface area contributed by atoms with E-state index in [4.69, 9.17) is 0 Å². The fourth-order valence-corrected chi connectivity index (χ4v) is 1.44. The molecule has 0 aliphatic carbocycles. The van der Waals surface area contributed by atoms with Gasteiger partial charge in [-0.1, -0.05) is 20.8 Å². The van der Waals surface area contributed by atoms with Gasteiger partial charge in [0.1, 0.15) is 5.82 Å². The molecule has 1 heterocycles. The Labute approximate surface area is 113 Å². The summed E-state index contributed by atoms with van der Waals surface area (Å²) < 4.78 is 13.0. The van der Waals surface area contributed by atoms with Crippen LogP contribution in [0.1, 0.15) is 45.7 Å². The van der Waals surface area contributed by atoms with Crippen molar-refractivity contribution in [2.75, 3.05) is 6.54 Å². The normalized spacial score (nSPS) is 12.9. The second-order valence-electron chi connectivity index (χ2n) is 5.50. The summed E-state index contributed by atoms with van der Waals surface area (Å²) in [6.45, 7) is 8.66. The Hall–Kier alpha value is -1.65. The topological polar surface area (TPSA) is 54.0 Å². The van der Waals surface area contributed by atoms with Crippen molar-refractivity contribution in [1.82, 2.24) is 15.6 Å². The minimum absolute atomic E-state index is 0.0704. The lowest BCUT2D eigenvalue weighted by Gasteiger charge is -2.23. The molecule has 0 bridgehead atoms. The molecule has 0 radical (unpaired) electrons. The highest BCUT2D eigenvalue weighted by Crippen LogP contribution is 2.17. The standard InChI is InChI=1S/C14H22FN3O/c1-5-14(3,4)9-17-13(19)18-10(2)11-6-12(15)8-16-7-11/h6-8,10H,5,9H2,1-4H3,(H2,17,18,19). The lowest BCUT2D eigenvalue weighted by Crippen LogP contribution is -2.41. The first-order chi connectivity index (χ1) is 8.84. The van der Waals surface area contributed by atoms with Crippen LogP contribution in [0.3, 0.4) is 0 Å². The molecule has 106 valence electrons. The number of carbonyl (C=O) groups is 1. The summed E-state index contributed by atoms with van der Waals surface area (Å²) in [6, 6.07) is 0.833. The van der Waals surface area contributed by atoms with Gasteiger partial charge in [0, 0.05) is 12.7 Å². The number of nitrogens with one attached hydrogen (secondary N) is 2. The van der Waals surface area contributed by atoms with Gasteiger partial charge in [0.05, 0.1) is 12.2 Å². The summed E-state index contributed by atoms with van der Waals surface area (Å²) in [5.74, 6) is -0.404. The third kappa shape index (κ3) is 5.24. The zero-order valence-corrected chi connectivity index (χ0v) is 12.0. The van der Waals surface area contributed by atoms with Crippen molar-refractivity contribution in [2.24, 2.45) is 5.41 Å². The lowest BCUT2D eigenvalue weighted by atomic mass is 9.90. The van der Waals surface area contributed by atoms with Gasteiger partial charge in [-0.25, -0.2) is 9.18 Å². The predicted octanol–water partition coefficient (Wildman–Crippen LogP) is 3.02. The van der Waals surface area contributed by atoms with E-state index < -0.39 is 5.82 Å². The average molecular weight is 267 g/mol. The molecule has 1 rings (SSSR count). The van der Waals surface area contributed by atoms with Crippen LogP contribution < -0.4 is 10.6 Å². The van der Waals surface area contributed by atoms with Gasteiger partial charge >= 0.3 is 6.03 Å². The van der Waals surface area contributed by atoms with Crippen LogP contribution in [0, 0.1) is 11.2 Å². The van der Waals surface area contributed by atoms with Gasteiger partial charge in [-0.3, -0.25) is 4.98 Å². The van der Waals surface area contributed by atoms with Gasteiger partial charge in [-0.05, 0) is 30.4 Å². The van der Waals surface area contributed by atoms with E-state index in [1.165, 1.54) is 6.07 Å². The van der Waals surface area contributed by atoms with E-state index in [0.29, 0.717) is 12.1 Å². The number of pyridine rings is 1. The first kappa shape index (κ1) is 15.4. The summed E-state index contributed by atoms with van der Waals surface area (Å²) in [7, 11) is 0. The highest BCUT2D eigenvalue weighted by Gasteiger charge is 2.17. The Bertz CT molecular complexity index is 434. The second-order valence-corrected chi connectivity index (χ2v) is 5.50. The molecule has 4 nitrogen and oxygen atoms in total. The molecule has 0 aromatic carbocycles. The number of nitrogens with zero attached hydrogens (tertiary/aromatic N) is 1. The number of rotatable bonds is 5. The minimum Gasteiger partial charge on any atom is -0.338 e. The van der Waals surface area contributed by atoms with Crippen LogP contribution in [0.15, 0.2) is 18.5 Å². The Balaban J connectivity index is 2.49. The molecule has 1 aromatic heterocycles. The van der Waals surface area contributed by atoms with Gasteiger partial charge < -0.3 is 10.6 Å². The van der Waals surface area contributed by atoms with Crippen molar-refractivity contribution in [3.63, 3.8) is 0 Å². The van der Waals surface area contributed by atoms with E-state index in [0.717, 1.165) is 12.6 Å². The van der Waals surface area contributed by atoms with Crippen LogP contribution in [0.5, 0.6) is 0 Å². The maximum Gasteiger partial charge on any atom is 0.315 e. The van der Waals surface area contributed by atoms with Crippen LogP contribution in [0.25, 0.3) is 0 Å². The number of halogens is 1. The van der Waals surface area contributed by atoms with Crippen molar-refractivity contribution >= 4 is 6.03 Å². The fourth-order valence-electron chi connectivity index (χ4n) is 1.44. The molecule has 2 N–H and O–H groups in total. The quantitative estimate of drug-likeness (QED) is 0.861. The largest absolute Gasteiger partial charge is 0.338 e. The highest BCUT2D eigenvalue weighted by atomic mass is 19.1. The van der Waals surface area contributed by atoms with Gasteiger partial charge in [0.2, 0.25) is 0 Å². The minimum atomic E-state index is -0.404. The van der Waals surface area contributed by atoms with Gasteiger partial charge in [0.15, 0.2) is 0 Å². The summed E-state index contributed by atoms with van der Waals surface area (Å²) in [4.78, 5) is 15.5. The molecule has 1 unspecified atom stereocenters. The van der Waals surface area contributed by atoms with Crippen LogP contribution in [-0.2, 0) is 0 Å². The molecule has 0 saturated heterocycles. The summed E-state index contributed by atoms with van der Waals surface area (Å²) >= 11 is 0. The Morgan fingerprint density at radius 2 is 2.16 bits per heavy atom. The van der Waals surface area contributed by atoms with Crippen LogP contribution in [0.2, 0.25) is 0 Å². The van der Waals surface area contributed by atoms with Gasteiger partial charge in [0.25, 0.3) is 0 Å². The third-order valence-electron chi connectivity index (χ3n) is 3.26. The van der Waals surface area contributed by atoms with Crippen LogP contribution in [0.4, 0.5) is 9.18 Å². The number of amides is 2. The second kappa shape index (κ2) is 6.50. The molecule has 0 spiro atoms. The molecule has 0 saturated carbocycles. The molecular weight excluding hydrogens is 245 g/mol. The maximum atomic E-state index is 13.0. The molecule has 0 aliphatic heterocycles. The Morgan fingerprint density at radius 1 is 1.47 bits per heavy atom. The fraction of sp³-hybridized carbons (Fsp3) is 0.571. The average Bonchev–Trinajstić information content (AvgIpc) is 2.36. The molecule has 1 atom stereocenters. The van der Waals surface area contributed by atoms with E-state index >= 15 is 0 Å². The third-order valence-corrected chi connectivity index (χ3v) is 3.26. The van der Waals surface area contributed by atoms with E-state index in [9.17, 15) is 9.18 Å². The van der Waals surface area contributed by atoms with Crippen molar-refractivity contribution in [3.8, 4) is 0 Å². The number of carbonyl (C=O) groups excluding carboxylic acids is 1.